The number of carbonyl (C=O) groups excluding carboxylic acids is 1. The second kappa shape index (κ2) is 10.5. The molecule has 2 saturated heterocycles. The third-order valence-electron chi connectivity index (χ3n) is 7.09. The summed E-state index contributed by atoms with van der Waals surface area (Å²) in [4.78, 5) is 15.9. The number of hydrogen-bond acceptors (Lipinski definition) is 4. The van der Waals surface area contributed by atoms with Crippen LogP contribution >= 0.6 is 0 Å². The molecule has 2 aromatic rings. The summed E-state index contributed by atoms with van der Waals surface area (Å²) < 4.78 is 11.5. The van der Waals surface area contributed by atoms with Crippen LogP contribution in [0.4, 0.5) is 5.69 Å². The van der Waals surface area contributed by atoms with Gasteiger partial charge in [0.15, 0.2) is 0 Å². The molecule has 0 saturated carbocycles. The maximum absolute atomic E-state index is 13.4. The van der Waals surface area contributed by atoms with Gasteiger partial charge in [0.05, 0.1) is 5.41 Å². The van der Waals surface area contributed by atoms with Gasteiger partial charge in [-0.3, -0.25) is 9.69 Å². The van der Waals surface area contributed by atoms with E-state index in [1.54, 1.807) is 0 Å². The van der Waals surface area contributed by atoms with Gasteiger partial charge in [0.25, 0.3) is 0 Å². The quantitative estimate of drug-likeness (QED) is 0.668. The molecule has 2 fully saturated rings. The lowest BCUT2D eigenvalue weighted by atomic mass is 9.73. The van der Waals surface area contributed by atoms with E-state index in [0.717, 1.165) is 23.5 Å². The van der Waals surface area contributed by atoms with Crippen LogP contribution in [0.25, 0.3) is 0 Å². The normalized spacial score (nSPS) is 21.1. The molecule has 2 aromatic carbocycles. The van der Waals surface area contributed by atoms with Gasteiger partial charge in [0.2, 0.25) is 5.91 Å². The van der Waals surface area contributed by atoms with Crippen LogP contribution in [0.1, 0.15) is 50.2 Å². The monoisotopic (exact) mass is 436 g/mol. The smallest absolute Gasteiger partial charge is 0.235 e. The Balaban J connectivity index is 1.36. The molecule has 2 aliphatic rings. The number of rotatable bonds is 7. The van der Waals surface area contributed by atoms with Gasteiger partial charge < -0.3 is 14.8 Å². The zero-order chi connectivity index (χ0) is 22.4. The Morgan fingerprint density at radius 1 is 1.09 bits per heavy atom. The number of nitrogens with zero attached hydrogens (tertiary/aromatic N) is 1. The number of carbonyl (C=O) groups is 1. The zero-order valence-corrected chi connectivity index (χ0v) is 19.4. The van der Waals surface area contributed by atoms with Gasteiger partial charge in [-0.05, 0) is 75.9 Å². The van der Waals surface area contributed by atoms with Crippen molar-refractivity contribution < 1.29 is 14.3 Å². The number of aryl methyl sites for hydroxylation is 1. The number of ether oxygens (including phenoxy) is 2. The van der Waals surface area contributed by atoms with E-state index in [0.29, 0.717) is 38.7 Å². The van der Waals surface area contributed by atoms with Crippen LogP contribution in [0.5, 0.6) is 5.75 Å². The van der Waals surface area contributed by atoms with Crippen molar-refractivity contribution in [2.75, 3.05) is 38.2 Å². The highest BCUT2D eigenvalue weighted by Crippen LogP contribution is 2.36. The fourth-order valence-electron chi connectivity index (χ4n) is 4.90. The first-order valence-corrected chi connectivity index (χ1v) is 12.0. The lowest BCUT2D eigenvalue weighted by molar-refractivity contribution is -0.125. The summed E-state index contributed by atoms with van der Waals surface area (Å²) in [5.41, 5.74) is 2.51. The minimum absolute atomic E-state index is 0.0393. The number of amides is 1. The molecule has 5 heteroatoms. The molecule has 0 bridgehead atoms. The Morgan fingerprint density at radius 3 is 2.50 bits per heavy atom. The number of benzene rings is 2. The van der Waals surface area contributed by atoms with Crippen LogP contribution in [0.15, 0.2) is 48.5 Å². The van der Waals surface area contributed by atoms with Gasteiger partial charge >= 0.3 is 0 Å². The summed E-state index contributed by atoms with van der Waals surface area (Å²) in [5, 5.41) is 3.15. The van der Waals surface area contributed by atoms with E-state index >= 15 is 0 Å². The lowest BCUT2D eigenvalue weighted by Gasteiger charge is -2.36. The van der Waals surface area contributed by atoms with Crippen molar-refractivity contribution in [3.8, 4) is 5.75 Å². The Kier molecular flexibility index (Phi) is 7.48. The SMILES string of the molecule is Cc1ccc(C2(C(=O)Nc3ccc(OCCN4CCCC[C@@H]4C)cc3)CCOCC2)cc1. The molecule has 1 amide bonds. The van der Waals surface area contributed by atoms with Crippen molar-refractivity contribution in [3.05, 3.63) is 59.7 Å². The van der Waals surface area contributed by atoms with Gasteiger partial charge in [0.1, 0.15) is 12.4 Å². The number of piperidine rings is 1. The van der Waals surface area contributed by atoms with Crippen molar-refractivity contribution in [1.29, 1.82) is 0 Å². The molecule has 1 atom stereocenters. The fourth-order valence-corrected chi connectivity index (χ4v) is 4.90. The van der Waals surface area contributed by atoms with Crippen LogP contribution < -0.4 is 10.1 Å². The Labute approximate surface area is 192 Å². The molecular weight excluding hydrogens is 400 g/mol. The molecule has 0 radical (unpaired) electrons. The molecule has 0 aliphatic carbocycles. The Morgan fingerprint density at radius 2 is 1.81 bits per heavy atom. The van der Waals surface area contributed by atoms with Gasteiger partial charge in [0, 0.05) is 31.5 Å². The topological polar surface area (TPSA) is 50.8 Å². The molecule has 2 aliphatic heterocycles. The summed E-state index contributed by atoms with van der Waals surface area (Å²) in [7, 11) is 0. The summed E-state index contributed by atoms with van der Waals surface area (Å²) in [6.45, 7) is 8.39. The zero-order valence-electron chi connectivity index (χ0n) is 19.4. The van der Waals surface area contributed by atoms with Crippen LogP contribution in [-0.4, -0.2) is 49.8 Å². The highest BCUT2D eigenvalue weighted by molar-refractivity contribution is 5.99. The molecule has 0 spiro atoms. The summed E-state index contributed by atoms with van der Waals surface area (Å²) in [5.74, 6) is 0.879. The molecule has 2 heterocycles. The van der Waals surface area contributed by atoms with Crippen molar-refractivity contribution >= 4 is 11.6 Å². The van der Waals surface area contributed by atoms with E-state index in [1.165, 1.54) is 31.4 Å². The molecule has 32 heavy (non-hydrogen) atoms. The van der Waals surface area contributed by atoms with Crippen molar-refractivity contribution in [1.82, 2.24) is 4.90 Å². The summed E-state index contributed by atoms with van der Waals surface area (Å²) in [6, 6.07) is 16.7. The fraction of sp³-hybridized carbons (Fsp3) is 0.519. The van der Waals surface area contributed by atoms with E-state index in [1.807, 2.05) is 24.3 Å². The molecule has 4 rings (SSSR count). The van der Waals surface area contributed by atoms with Gasteiger partial charge in [-0.2, -0.15) is 0 Å². The maximum atomic E-state index is 13.4. The third-order valence-corrected chi connectivity index (χ3v) is 7.09. The lowest BCUT2D eigenvalue weighted by Crippen LogP contribution is -2.44. The second-order valence-electron chi connectivity index (χ2n) is 9.27. The minimum Gasteiger partial charge on any atom is -0.492 e. The molecular formula is C27H36N2O3. The number of anilines is 1. The first-order chi connectivity index (χ1) is 15.6. The van der Waals surface area contributed by atoms with Gasteiger partial charge in [-0.15, -0.1) is 0 Å². The molecule has 1 N–H and O–H groups in total. The van der Waals surface area contributed by atoms with Crippen LogP contribution in [0.2, 0.25) is 0 Å². The molecule has 0 unspecified atom stereocenters. The van der Waals surface area contributed by atoms with Crippen LogP contribution in [0, 0.1) is 6.92 Å². The standard InChI is InChI=1S/C27H36N2O3/c1-21-6-8-23(9-7-21)27(14-18-31-19-15-27)26(30)28-24-10-12-25(13-11-24)32-20-17-29-16-4-3-5-22(29)2/h6-13,22H,3-5,14-20H2,1-2H3,(H,28,30)/t22-/m0/s1. The van der Waals surface area contributed by atoms with E-state index in [9.17, 15) is 4.79 Å². The Bertz CT molecular complexity index is 873. The highest BCUT2D eigenvalue weighted by atomic mass is 16.5. The number of nitrogens with one attached hydrogen (secondary N) is 1. The Hall–Kier alpha value is -2.37. The van der Waals surface area contributed by atoms with Crippen LogP contribution in [-0.2, 0) is 14.9 Å². The largest absolute Gasteiger partial charge is 0.492 e. The van der Waals surface area contributed by atoms with Crippen molar-refractivity contribution in [2.24, 2.45) is 0 Å². The predicted molar refractivity (Wildman–Crippen MR) is 128 cm³/mol. The van der Waals surface area contributed by atoms with Crippen molar-refractivity contribution in [3.63, 3.8) is 0 Å². The van der Waals surface area contributed by atoms with E-state index in [-0.39, 0.29) is 5.91 Å². The maximum Gasteiger partial charge on any atom is 0.235 e. The highest BCUT2D eigenvalue weighted by Gasteiger charge is 2.41. The molecule has 172 valence electrons. The first kappa shape index (κ1) is 22.8. The second-order valence-corrected chi connectivity index (χ2v) is 9.27. The van der Waals surface area contributed by atoms with Crippen molar-refractivity contribution in [2.45, 2.75) is 57.4 Å². The van der Waals surface area contributed by atoms with E-state index in [4.69, 9.17) is 9.47 Å². The number of likely N-dealkylation sites (tertiary alicyclic amines) is 1. The van der Waals surface area contributed by atoms with Gasteiger partial charge in [-0.25, -0.2) is 0 Å². The average Bonchev–Trinajstić information content (AvgIpc) is 2.82. The average molecular weight is 437 g/mol. The molecule has 0 aromatic heterocycles. The molecule has 5 nitrogen and oxygen atoms in total. The number of hydrogen-bond donors (Lipinski definition) is 1. The minimum atomic E-state index is -0.549. The first-order valence-electron chi connectivity index (χ1n) is 12.0. The summed E-state index contributed by atoms with van der Waals surface area (Å²) >= 11 is 0. The van der Waals surface area contributed by atoms with E-state index in [2.05, 4.69) is 48.3 Å². The van der Waals surface area contributed by atoms with E-state index < -0.39 is 5.41 Å². The summed E-state index contributed by atoms with van der Waals surface area (Å²) in [6.07, 6.45) is 5.29. The third kappa shape index (κ3) is 5.33. The predicted octanol–water partition coefficient (Wildman–Crippen LogP) is 4.94. The van der Waals surface area contributed by atoms with Gasteiger partial charge in [-0.1, -0.05) is 36.2 Å². The van der Waals surface area contributed by atoms with Crippen LogP contribution in [0.3, 0.4) is 0 Å².